The number of hydrogen-bond donors (Lipinski definition) is 1. The molecule has 3 rings (SSSR count). The Balaban J connectivity index is 1.81. The molecule has 24 heavy (non-hydrogen) atoms. The number of amides is 2. The number of urea groups is 1. The first-order valence-electron chi connectivity index (χ1n) is 7.31. The lowest BCUT2D eigenvalue weighted by Gasteiger charge is -2.24. The Bertz CT molecular complexity index is 958. The summed E-state index contributed by atoms with van der Waals surface area (Å²) < 4.78 is 1.41. The van der Waals surface area contributed by atoms with Crippen molar-refractivity contribution in [2.45, 2.75) is 26.8 Å². The van der Waals surface area contributed by atoms with Gasteiger partial charge in [0.05, 0.1) is 22.9 Å². The summed E-state index contributed by atoms with van der Waals surface area (Å²) in [6.45, 7) is 5.84. The van der Waals surface area contributed by atoms with Gasteiger partial charge in [0, 0.05) is 23.5 Å². The number of fused-ring (bicyclic) bond motifs is 1. The molecule has 0 aliphatic carbocycles. The van der Waals surface area contributed by atoms with E-state index in [9.17, 15) is 9.59 Å². The van der Waals surface area contributed by atoms with Crippen molar-refractivity contribution in [1.82, 2.24) is 19.3 Å². The van der Waals surface area contributed by atoms with Crippen LogP contribution in [0, 0.1) is 13.8 Å². The lowest BCUT2D eigenvalue weighted by Crippen LogP contribution is -2.35. The van der Waals surface area contributed by atoms with Crippen LogP contribution in [0.3, 0.4) is 0 Å². The highest BCUT2D eigenvalue weighted by Gasteiger charge is 2.22. The molecule has 0 fully saturated rings. The maximum Gasteiger partial charge on any atom is 0.322 e. The number of anilines is 1. The third-order valence-electron chi connectivity index (χ3n) is 3.82. The maximum absolute atomic E-state index is 12.5. The molecule has 0 spiro atoms. The summed E-state index contributed by atoms with van der Waals surface area (Å²) in [7, 11) is 1.68. The van der Waals surface area contributed by atoms with E-state index >= 15 is 0 Å². The zero-order valence-electron chi connectivity index (χ0n) is 13.7. The van der Waals surface area contributed by atoms with E-state index in [1.165, 1.54) is 26.8 Å². The predicted molar refractivity (Wildman–Crippen MR) is 96.1 cm³/mol. The van der Waals surface area contributed by atoms with Crippen LogP contribution in [0.1, 0.15) is 28.5 Å². The topological polar surface area (TPSA) is 79.6 Å². The molecule has 3 heterocycles. The largest absolute Gasteiger partial charge is 0.322 e. The summed E-state index contributed by atoms with van der Waals surface area (Å²) in [6, 6.07) is -0.572. The number of aryl methyl sites for hydroxylation is 2. The molecular weight excluding hydrogens is 346 g/mol. The SMILES string of the molecule is Cc1nc([C@H](C)N(C)C(=O)Nc2cnc3sccn3c2=O)c(C)s1. The molecule has 3 aromatic heterocycles. The Morgan fingerprint density at radius 3 is 2.83 bits per heavy atom. The van der Waals surface area contributed by atoms with Crippen LogP contribution in [0.15, 0.2) is 22.6 Å². The molecule has 0 bridgehead atoms. The van der Waals surface area contributed by atoms with Crippen LogP contribution in [-0.2, 0) is 0 Å². The van der Waals surface area contributed by atoms with Crippen LogP contribution in [0.5, 0.6) is 0 Å². The fourth-order valence-electron chi connectivity index (χ4n) is 2.41. The van der Waals surface area contributed by atoms with Gasteiger partial charge in [0.25, 0.3) is 5.56 Å². The van der Waals surface area contributed by atoms with Crippen LogP contribution in [0.2, 0.25) is 0 Å². The fraction of sp³-hybridized carbons (Fsp3) is 0.333. The van der Waals surface area contributed by atoms with E-state index in [2.05, 4.69) is 15.3 Å². The van der Waals surface area contributed by atoms with E-state index in [0.717, 1.165) is 15.6 Å². The number of rotatable bonds is 3. The highest BCUT2D eigenvalue weighted by molar-refractivity contribution is 7.15. The Hall–Kier alpha value is -2.26. The molecule has 0 aliphatic rings. The van der Waals surface area contributed by atoms with Gasteiger partial charge in [0.2, 0.25) is 0 Å². The van der Waals surface area contributed by atoms with E-state index in [-0.39, 0.29) is 23.3 Å². The molecule has 7 nitrogen and oxygen atoms in total. The van der Waals surface area contributed by atoms with Gasteiger partial charge in [-0.1, -0.05) is 0 Å². The van der Waals surface area contributed by atoms with Crippen molar-refractivity contribution < 1.29 is 4.79 Å². The zero-order chi connectivity index (χ0) is 17.4. The lowest BCUT2D eigenvalue weighted by molar-refractivity contribution is 0.207. The Labute approximate surface area is 146 Å². The fourth-order valence-corrected chi connectivity index (χ4v) is 3.99. The van der Waals surface area contributed by atoms with Gasteiger partial charge in [-0.3, -0.25) is 9.20 Å². The van der Waals surface area contributed by atoms with Gasteiger partial charge >= 0.3 is 6.03 Å². The zero-order valence-corrected chi connectivity index (χ0v) is 15.4. The van der Waals surface area contributed by atoms with Gasteiger partial charge in [-0.05, 0) is 20.8 Å². The lowest BCUT2D eigenvalue weighted by atomic mass is 10.2. The third-order valence-corrected chi connectivity index (χ3v) is 5.49. The molecule has 2 amide bonds. The smallest absolute Gasteiger partial charge is 0.319 e. The van der Waals surface area contributed by atoms with Crippen LogP contribution in [0.25, 0.3) is 4.96 Å². The number of nitrogens with zero attached hydrogens (tertiary/aromatic N) is 4. The third kappa shape index (κ3) is 2.92. The van der Waals surface area contributed by atoms with E-state index in [0.29, 0.717) is 4.96 Å². The van der Waals surface area contributed by atoms with Gasteiger partial charge in [0.15, 0.2) is 4.96 Å². The quantitative estimate of drug-likeness (QED) is 0.776. The second kappa shape index (κ2) is 6.33. The van der Waals surface area contributed by atoms with E-state index in [4.69, 9.17) is 0 Å². The van der Waals surface area contributed by atoms with Crippen LogP contribution < -0.4 is 10.9 Å². The molecule has 0 aliphatic heterocycles. The minimum absolute atomic E-state index is 0.154. The van der Waals surface area contributed by atoms with E-state index in [1.807, 2.05) is 20.8 Å². The van der Waals surface area contributed by atoms with Crippen molar-refractivity contribution in [2.24, 2.45) is 0 Å². The van der Waals surface area contributed by atoms with Gasteiger partial charge in [-0.25, -0.2) is 14.8 Å². The summed E-state index contributed by atoms with van der Waals surface area (Å²) in [5, 5.41) is 5.38. The molecular formula is C15H17N5O2S2. The minimum atomic E-state index is -0.373. The Kier molecular flexibility index (Phi) is 4.37. The second-order valence-electron chi connectivity index (χ2n) is 5.42. The highest BCUT2D eigenvalue weighted by Crippen LogP contribution is 2.26. The van der Waals surface area contributed by atoms with Crippen molar-refractivity contribution in [3.8, 4) is 0 Å². The second-order valence-corrected chi connectivity index (χ2v) is 7.70. The monoisotopic (exact) mass is 363 g/mol. The maximum atomic E-state index is 12.5. The molecule has 126 valence electrons. The summed E-state index contributed by atoms with van der Waals surface area (Å²) in [6.07, 6.45) is 3.03. The van der Waals surface area contributed by atoms with Crippen LogP contribution >= 0.6 is 22.7 Å². The average molecular weight is 363 g/mol. The molecule has 0 saturated carbocycles. The van der Waals surface area contributed by atoms with Crippen molar-refractivity contribution in [2.75, 3.05) is 12.4 Å². The molecule has 9 heteroatoms. The molecule has 1 N–H and O–H groups in total. The van der Waals surface area contributed by atoms with Gasteiger partial charge in [0.1, 0.15) is 5.69 Å². The Morgan fingerprint density at radius 2 is 2.17 bits per heavy atom. The van der Waals surface area contributed by atoms with Crippen LogP contribution in [0.4, 0.5) is 10.5 Å². The summed E-state index contributed by atoms with van der Waals surface area (Å²) in [5.41, 5.74) is 0.732. The molecule has 0 unspecified atom stereocenters. The van der Waals surface area contributed by atoms with E-state index < -0.39 is 0 Å². The van der Waals surface area contributed by atoms with Gasteiger partial charge in [-0.15, -0.1) is 22.7 Å². The number of nitrogens with one attached hydrogen (secondary N) is 1. The predicted octanol–water partition coefficient (Wildman–Crippen LogP) is 3.05. The van der Waals surface area contributed by atoms with Crippen molar-refractivity contribution in [1.29, 1.82) is 0 Å². The molecule has 1 atom stereocenters. The number of aromatic nitrogens is 3. The first-order valence-corrected chi connectivity index (χ1v) is 9.00. The van der Waals surface area contributed by atoms with Gasteiger partial charge in [-0.2, -0.15) is 0 Å². The molecule has 0 saturated heterocycles. The van der Waals surface area contributed by atoms with Crippen LogP contribution in [-0.4, -0.2) is 32.3 Å². The summed E-state index contributed by atoms with van der Waals surface area (Å²) in [5.74, 6) is 0. The van der Waals surface area contributed by atoms with Crippen molar-refractivity contribution >= 4 is 39.4 Å². The summed E-state index contributed by atoms with van der Waals surface area (Å²) in [4.78, 5) is 36.7. The number of carbonyl (C=O) groups excluding carboxylic acids is 1. The molecule has 0 aromatic carbocycles. The van der Waals surface area contributed by atoms with E-state index in [1.54, 1.807) is 30.0 Å². The van der Waals surface area contributed by atoms with Crippen molar-refractivity contribution in [3.63, 3.8) is 0 Å². The Morgan fingerprint density at radius 1 is 1.42 bits per heavy atom. The first-order chi connectivity index (χ1) is 11.4. The van der Waals surface area contributed by atoms with Crippen molar-refractivity contribution in [3.05, 3.63) is 43.7 Å². The number of hydrogen-bond acceptors (Lipinski definition) is 6. The minimum Gasteiger partial charge on any atom is -0.319 e. The number of carbonyl (C=O) groups is 1. The normalized spacial score (nSPS) is 12.3. The highest BCUT2D eigenvalue weighted by atomic mass is 32.1. The van der Waals surface area contributed by atoms with Gasteiger partial charge < -0.3 is 10.2 Å². The molecule has 3 aromatic rings. The summed E-state index contributed by atoms with van der Waals surface area (Å²) >= 11 is 2.97. The standard InChI is InChI=1S/C15H17N5O2S2/c1-8(12-9(2)24-10(3)17-12)19(4)14(22)18-11-7-16-15-20(13(11)21)5-6-23-15/h5-8H,1-4H3,(H,18,22)/t8-/m0/s1. The first kappa shape index (κ1) is 16.6. The molecule has 0 radical (unpaired) electrons. The average Bonchev–Trinajstić information content (AvgIpc) is 3.15. The number of thiazole rings is 2.